The predicted molar refractivity (Wildman–Crippen MR) is 71.7 cm³/mol. The first-order valence-electron chi connectivity index (χ1n) is 6.38. The van der Waals surface area contributed by atoms with E-state index in [1.807, 2.05) is 13.0 Å². The maximum absolute atomic E-state index is 12.7. The minimum absolute atomic E-state index is 0.213. The van der Waals surface area contributed by atoms with Crippen molar-refractivity contribution in [3.63, 3.8) is 0 Å². The minimum Gasteiger partial charge on any atom is -0.455 e. The largest absolute Gasteiger partial charge is 0.455 e. The first-order chi connectivity index (χ1) is 9.62. The van der Waals surface area contributed by atoms with Gasteiger partial charge in [0.1, 0.15) is 5.75 Å². The average Bonchev–Trinajstić information content (AvgIpc) is 2.89. The van der Waals surface area contributed by atoms with E-state index < -0.39 is 5.72 Å². The summed E-state index contributed by atoms with van der Waals surface area (Å²) in [4.78, 5) is 24.8. The Balaban J connectivity index is 1.94. The monoisotopic (exact) mass is 265 g/mol. The molecule has 0 saturated heterocycles. The van der Waals surface area contributed by atoms with Gasteiger partial charge in [0, 0.05) is 11.1 Å². The van der Waals surface area contributed by atoms with Gasteiger partial charge in [0.2, 0.25) is 5.78 Å². The molecule has 1 unspecified atom stereocenters. The Morgan fingerprint density at radius 1 is 1.05 bits per heavy atom. The molecule has 98 valence electrons. The van der Waals surface area contributed by atoms with Gasteiger partial charge in [-0.2, -0.15) is 0 Å². The molecule has 0 radical (unpaired) electrons. The van der Waals surface area contributed by atoms with Gasteiger partial charge in [0.15, 0.2) is 0 Å². The normalized spacial score (nSPS) is 22.4. The minimum atomic E-state index is -1.39. The molecule has 4 rings (SSSR count). The molecule has 2 heterocycles. The molecule has 0 bridgehead atoms. The fourth-order valence-corrected chi connectivity index (χ4v) is 2.85. The van der Waals surface area contributed by atoms with E-state index >= 15 is 0 Å². The molecule has 0 aromatic heterocycles. The Morgan fingerprint density at radius 3 is 2.70 bits per heavy atom. The van der Waals surface area contributed by atoms with Crippen LogP contribution in [0.5, 0.6) is 5.75 Å². The highest BCUT2D eigenvalue weighted by atomic mass is 16.5. The lowest BCUT2D eigenvalue weighted by atomic mass is 9.95. The SMILES string of the molecule is Cc1ccc2c(c1)C(=O)C1(NC(=O)c3ccccc31)O2. The van der Waals surface area contributed by atoms with E-state index in [1.54, 1.807) is 36.4 Å². The van der Waals surface area contributed by atoms with Gasteiger partial charge in [-0.3, -0.25) is 9.59 Å². The van der Waals surface area contributed by atoms with Gasteiger partial charge >= 0.3 is 0 Å². The second-order valence-electron chi connectivity index (χ2n) is 5.11. The molecule has 0 aliphatic carbocycles. The van der Waals surface area contributed by atoms with Crippen molar-refractivity contribution in [1.29, 1.82) is 0 Å². The predicted octanol–water partition coefficient (Wildman–Crippen LogP) is 2.17. The molecular weight excluding hydrogens is 254 g/mol. The number of carbonyl (C=O) groups is 2. The van der Waals surface area contributed by atoms with Crippen LogP contribution < -0.4 is 10.1 Å². The lowest BCUT2D eigenvalue weighted by Gasteiger charge is -2.22. The van der Waals surface area contributed by atoms with E-state index in [0.717, 1.165) is 5.56 Å². The summed E-state index contributed by atoms with van der Waals surface area (Å²) in [5, 5.41) is 2.70. The van der Waals surface area contributed by atoms with Crippen LogP contribution in [0.15, 0.2) is 42.5 Å². The Bertz CT molecular complexity index is 781. The van der Waals surface area contributed by atoms with E-state index in [4.69, 9.17) is 4.74 Å². The van der Waals surface area contributed by atoms with Crippen molar-refractivity contribution in [2.24, 2.45) is 0 Å². The quantitative estimate of drug-likeness (QED) is 0.794. The van der Waals surface area contributed by atoms with Gasteiger partial charge in [-0.1, -0.05) is 29.8 Å². The number of nitrogens with one attached hydrogen (secondary N) is 1. The van der Waals surface area contributed by atoms with Crippen LogP contribution in [0.2, 0.25) is 0 Å². The number of Topliss-reactive ketones (excluding diaryl/α,β-unsaturated/α-hetero) is 1. The topological polar surface area (TPSA) is 55.4 Å². The Morgan fingerprint density at radius 2 is 1.85 bits per heavy atom. The van der Waals surface area contributed by atoms with E-state index in [9.17, 15) is 9.59 Å². The number of aryl methyl sites for hydroxylation is 1. The molecule has 4 nitrogen and oxygen atoms in total. The summed E-state index contributed by atoms with van der Waals surface area (Å²) in [5.74, 6) is 0.0191. The fraction of sp³-hybridized carbons (Fsp3) is 0.125. The van der Waals surface area contributed by atoms with Crippen molar-refractivity contribution < 1.29 is 14.3 Å². The molecule has 2 aromatic rings. The Labute approximate surface area is 115 Å². The number of ketones is 1. The zero-order valence-electron chi connectivity index (χ0n) is 10.8. The molecule has 1 spiro atoms. The first-order valence-corrected chi connectivity index (χ1v) is 6.38. The maximum atomic E-state index is 12.7. The highest BCUT2D eigenvalue weighted by molar-refractivity contribution is 6.14. The molecule has 2 aromatic carbocycles. The lowest BCUT2D eigenvalue weighted by Crippen LogP contribution is -2.47. The molecule has 20 heavy (non-hydrogen) atoms. The molecular formula is C16H11NO3. The number of fused-ring (bicyclic) bond motifs is 3. The third-order valence-corrected chi connectivity index (χ3v) is 3.80. The van der Waals surface area contributed by atoms with Gasteiger partial charge in [-0.05, 0) is 25.1 Å². The second kappa shape index (κ2) is 3.48. The standard InChI is InChI=1S/C16H11NO3/c1-9-6-7-13-11(8-9)14(18)16(20-13)12-5-3-2-4-10(12)15(19)17-16/h2-8H,1H3,(H,17,19). The highest BCUT2D eigenvalue weighted by Gasteiger charge is 2.56. The van der Waals surface area contributed by atoms with Crippen LogP contribution in [0.25, 0.3) is 0 Å². The number of hydrogen-bond acceptors (Lipinski definition) is 3. The van der Waals surface area contributed by atoms with E-state index in [1.165, 1.54) is 0 Å². The van der Waals surface area contributed by atoms with Crippen LogP contribution in [-0.4, -0.2) is 11.7 Å². The summed E-state index contributed by atoms with van der Waals surface area (Å²) < 4.78 is 5.84. The summed E-state index contributed by atoms with van der Waals surface area (Å²) in [6.07, 6.45) is 0. The van der Waals surface area contributed by atoms with Crippen molar-refractivity contribution in [3.8, 4) is 5.75 Å². The van der Waals surface area contributed by atoms with Gasteiger partial charge in [-0.15, -0.1) is 0 Å². The van der Waals surface area contributed by atoms with E-state index in [-0.39, 0.29) is 11.7 Å². The van der Waals surface area contributed by atoms with Gasteiger partial charge in [0.25, 0.3) is 11.6 Å². The fourth-order valence-electron chi connectivity index (χ4n) is 2.85. The molecule has 0 saturated carbocycles. The lowest BCUT2D eigenvalue weighted by molar-refractivity contribution is 0.0414. The summed E-state index contributed by atoms with van der Waals surface area (Å²) in [7, 11) is 0. The first kappa shape index (κ1) is 11.2. The molecule has 1 N–H and O–H groups in total. The number of ether oxygens (including phenoxy) is 1. The third kappa shape index (κ3) is 1.20. The molecule has 4 heteroatoms. The molecule has 2 aliphatic heterocycles. The Kier molecular flexibility index (Phi) is 1.95. The molecule has 0 fully saturated rings. The van der Waals surface area contributed by atoms with Crippen LogP contribution in [-0.2, 0) is 5.72 Å². The van der Waals surface area contributed by atoms with Crippen molar-refractivity contribution in [2.75, 3.05) is 0 Å². The van der Waals surface area contributed by atoms with Crippen LogP contribution in [0, 0.1) is 6.92 Å². The Hall–Kier alpha value is -2.62. The van der Waals surface area contributed by atoms with Gasteiger partial charge in [-0.25, -0.2) is 0 Å². The number of rotatable bonds is 0. The van der Waals surface area contributed by atoms with Crippen LogP contribution in [0.4, 0.5) is 0 Å². The summed E-state index contributed by atoms with van der Waals surface area (Å²) in [6, 6.07) is 12.5. The second-order valence-corrected chi connectivity index (χ2v) is 5.11. The van der Waals surface area contributed by atoms with Gasteiger partial charge < -0.3 is 10.1 Å². The third-order valence-electron chi connectivity index (χ3n) is 3.80. The van der Waals surface area contributed by atoms with Gasteiger partial charge in [0.05, 0.1) is 5.56 Å². The van der Waals surface area contributed by atoms with Crippen molar-refractivity contribution in [2.45, 2.75) is 12.6 Å². The maximum Gasteiger partial charge on any atom is 0.274 e. The zero-order chi connectivity index (χ0) is 13.9. The zero-order valence-corrected chi connectivity index (χ0v) is 10.8. The summed E-state index contributed by atoms with van der Waals surface area (Å²) >= 11 is 0. The smallest absolute Gasteiger partial charge is 0.274 e. The average molecular weight is 265 g/mol. The molecule has 1 amide bonds. The molecule has 2 aliphatic rings. The summed E-state index contributed by atoms with van der Waals surface area (Å²) in [5.41, 5.74) is 1.19. The van der Waals surface area contributed by atoms with Crippen molar-refractivity contribution >= 4 is 11.7 Å². The van der Waals surface area contributed by atoms with Crippen LogP contribution in [0.1, 0.15) is 31.8 Å². The van der Waals surface area contributed by atoms with Crippen molar-refractivity contribution in [3.05, 3.63) is 64.7 Å². The molecule has 1 atom stereocenters. The number of carbonyl (C=O) groups excluding carboxylic acids is 2. The van der Waals surface area contributed by atoms with Crippen LogP contribution >= 0.6 is 0 Å². The van der Waals surface area contributed by atoms with E-state index in [2.05, 4.69) is 5.32 Å². The number of benzene rings is 2. The van der Waals surface area contributed by atoms with Crippen molar-refractivity contribution in [1.82, 2.24) is 5.32 Å². The van der Waals surface area contributed by atoms with Crippen LogP contribution in [0.3, 0.4) is 0 Å². The highest BCUT2D eigenvalue weighted by Crippen LogP contribution is 2.43. The number of amides is 1. The van der Waals surface area contributed by atoms with E-state index in [0.29, 0.717) is 22.4 Å². The summed E-state index contributed by atoms with van der Waals surface area (Å²) in [6.45, 7) is 1.92. The number of hydrogen-bond donors (Lipinski definition) is 1.